The second-order valence-corrected chi connectivity index (χ2v) is 9.24. The van der Waals surface area contributed by atoms with Crippen molar-refractivity contribution in [2.45, 2.75) is 25.2 Å². The molecule has 2 aliphatic carbocycles. The minimum Gasteiger partial charge on any atom is -0.356 e. The lowest BCUT2D eigenvalue weighted by atomic mass is 10.0. The molecule has 2 aromatic rings. The molecule has 0 aromatic heterocycles. The molecule has 1 amide bonds. The van der Waals surface area contributed by atoms with Crippen molar-refractivity contribution in [2.24, 2.45) is 22.7 Å². The van der Waals surface area contributed by atoms with Crippen LogP contribution in [0.15, 0.2) is 59.6 Å². The smallest absolute Gasteiger partial charge is 0.223 e. The Kier molecular flexibility index (Phi) is 5.66. The molecular formula is C26H32N4O. The Morgan fingerprint density at radius 3 is 2.65 bits per heavy atom. The van der Waals surface area contributed by atoms with Gasteiger partial charge in [-0.1, -0.05) is 54.6 Å². The number of likely N-dealkylation sites (tertiary alicyclic amines) is 1. The summed E-state index contributed by atoms with van der Waals surface area (Å²) in [5.41, 5.74) is 4.38. The fourth-order valence-corrected chi connectivity index (χ4v) is 5.55. The van der Waals surface area contributed by atoms with Crippen molar-refractivity contribution in [3.8, 4) is 0 Å². The maximum Gasteiger partial charge on any atom is 0.223 e. The Morgan fingerprint density at radius 2 is 1.81 bits per heavy atom. The molecular weight excluding hydrogens is 384 g/mol. The number of carbonyl (C=O) groups excluding carboxylic acids is 1. The van der Waals surface area contributed by atoms with Crippen LogP contribution in [0.1, 0.15) is 29.0 Å². The zero-order valence-corrected chi connectivity index (χ0v) is 18.3. The van der Waals surface area contributed by atoms with E-state index in [9.17, 15) is 4.79 Å². The van der Waals surface area contributed by atoms with Gasteiger partial charge in [0.1, 0.15) is 0 Å². The van der Waals surface area contributed by atoms with Gasteiger partial charge in [0.15, 0.2) is 5.96 Å². The molecule has 5 heteroatoms. The van der Waals surface area contributed by atoms with Crippen LogP contribution in [-0.4, -0.2) is 50.0 Å². The normalized spacial score (nSPS) is 26.5. The Balaban J connectivity index is 1.04. The number of rotatable bonds is 7. The van der Waals surface area contributed by atoms with Gasteiger partial charge in [0.2, 0.25) is 5.91 Å². The van der Waals surface area contributed by atoms with Crippen LogP contribution in [0.25, 0.3) is 0 Å². The zero-order chi connectivity index (χ0) is 21.2. The maximum atomic E-state index is 12.4. The van der Waals surface area contributed by atoms with Crippen LogP contribution in [0.3, 0.4) is 0 Å². The first-order chi connectivity index (χ1) is 15.2. The summed E-state index contributed by atoms with van der Waals surface area (Å²) in [6, 6.07) is 19.3. The highest BCUT2D eigenvalue weighted by molar-refractivity contribution is 5.81. The van der Waals surface area contributed by atoms with Gasteiger partial charge in [-0.05, 0) is 47.3 Å². The summed E-state index contributed by atoms with van der Waals surface area (Å²) in [6.45, 7) is 3.39. The van der Waals surface area contributed by atoms with Crippen molar-refractivity contribution >= 4 is 11.9 Å². The summed E-state index contributed by atoms with van der Waals surface area (Å²) in [6.07, 6.45) is 2.77. The van der Waals surface area contributed by atoms with E-state index < -0.39 is 0 Å². The first-order valence-corrected chi connectivity index (χ1v) is 11.6. The highest BCUT2D eigenvalue weighted by Gasteiger charge is 2.54. The molecule has 2 fully saturated rings. The number of guanidine groups is 1. The molecule has 3 aliphatic rings. The van der Waals surface area contributed by atoms with Crippen LogP contribution in [0.4, 0.5) is 0 Å². The van der Waals surface area contributed by atoms with Crippen molar-refractivity contribution in [3.63, 3.8) is 0 Å². The van der Waals surface area contributed by atoms with E-state index in [4.69, 9.17) is 0 Å². The van der Waals surface area contributed by atoms with E-state index in [0.29, 0.717) is 12.3 Å². The first-order valence-electron chi connectivity index (χ1n) is 11.6. The maximum absolute atomic E-state index is 12.4. The Morgan fingerprint density at radius 1 is 1.03 bits per heavy atom. The highest BCUT2D eigenvalue weighted by atomic mass is 16.2. The van der Waals surface area contributed by atoms with Crippen LogP contribution in [0, 0.1) is 17.8 Å². The summed E-state index contributed by atoms with van der Waals surface area (Å²) < 4.78 is 0. The molecule has 162 valence electrons. The van der Waals surface area contributed by atoms with Crippen LogP contribution >= 0.6 is 0 Å². The summed E-state index contributed by atoms with van der Waals surface area (Å²) in [7, 11) is 1.82. The number of benzene rings is 2. The fourth-order valence-electron chi connectivity index (χ4n) is 5.55. The van der Waals surface area contributed by atoms with E-state index in [0.717, 1.165) is 56.3 Å². The lowest BCUT2D eigenvalue weighted by molar-refractivity contribution is -0.127. The van der Waals surface area contributed by atoms with Crippen molar-refractivity contribution in [3.05, 3.63) is 71.3 Å². The highest BCUT2D eigenvalue weighted by Crippen LogP contribution is 2.60. The van der Waals surface area contributed by atoms with Crippen LogP contribution in [-0.2, 0) is 17.6 Å². The predicted octanol–water partition coefficient (Wildman–Crippen LogP) is 2.83. The van der Waals surface area contributed by atoms with Gasteiger partial charge in [0, 0.05) is 45.6 Å². The number of nitrogens with zero attached hydrogens (tertiary/aromatic N) is 2. The third-order valence-electron chi connectivity index (χ3n) is 7.30. The van der Waals surface area contributed by atoms with Crippen molar-refractivity contribution in [2.75, 3.05) is 33.2 Å². The number of nitrogens with one attached hydrogen (secondary N) is 2. The van der Waals surface area contributed by atoms with Gasteiger partial charge in [0.25, 0.3) is 0 Å². The van der Waals surface area contributed by atoms with Gasteiger partial charge < -0.3 is 15.5 Å². The molecule has 2 aromatic carbocycles. The molecule has 1 saturated heterocycles. The van der Waals surface area contributed by atoms with Gasteiger partial charge in [0.05, 0.1) is 0 Å². The van der Waals surface area contributed by atoms with Crippen molar-refractivity contribution < 1.29 is 4.79 Å². The number of hydrogen-bond donors (Lipinski definition) is 2. The average Bonchev–Trinajstić information content (AvgIpc) is 3.14. The van der Waals surface area contributed by atoms with Crippen molar-refractivity contribution in [1.29, 1.82) is 0 Å². The van der Waals surface area contributed by atoms with Gasteiger partial charge >= 0.3 is 0 Å². The summed E-state index contributed by atoms with van der Waals surface area (Å²) in [4.78, 5) is 18.8. The average molecular weight is 417 g/mol. The largest absolute Gasteiger partial charge is 0.356 e. The Hall–Kier alpha value is -2.82. The van der Waals surface area contributed by atoms with Crippen molar-refractivity contribution in [1.82, 2.24) is 15.5 Å². The summed E-state index contributed by atoms with van der Waals surface area (Å²) >= 11 is 0. The summed E-state index contributed by atoms with van der Waals surface area (Å²) in [5.74, 6) is 3.72. The molecule has 1 heterocycles. The van der Waals surface area contributed by atoms with E-state index in [2.05, 4.69) is 64.2 Å². The van der Waals surface area contributed by atoms with E-state index in [1.54, 1.807) is 11.1 Å². The Bertz CT molecular complexity index is 957. The minimum atomic E-state index is 0.273. The standard InChI is InChI=1S/C26H32N4O/c1-27-26(29-16-23-22-14-20-9-5-6-10-21(20)25(22)23)28-15-19-13-24(31)30(17-19)12-11-18-7-3-2-4-8-18/h2-10,19,22-23,25H,11-17H2,1H3,(H2,27,28,29). The van der Waals surface area contributed by atoms with Gasteiger partial charge in [-0.3, -0.25) is 9.79 Å². The molecule has 5 rings (SSSR count). The Labute approximate surface area is 184 Å². The fraction of sp³-hybridized carbons (Fsp3) is 0.462. The summed E-state index contributed by atoms with van der Waals surface area (Å²) in [5, 5.41) is 6.98. The third kappa shape index (κ3) is 4.32. The second kappa shape index (κ2) is 8.74. The molecule has 0 spiro atoms. The lowest BCUT2D eigenvalue weighted by Gasteiger charge is -2.18. The van der Waals surface area contributed by atoms with Crippen LogP contribution in [0.2, 0.25) is 0 Å². The molecule has 4 unspecified atom stereocenters. The number of amides is 1. The predicted molar refractivity (Wildman–Crippen MR) is 124 cm³/mol. The quantitative estimate of drug-likeness (QED) is 0.539. The third-order valence-corrected chi connectivity index (χ3v) is 7.30. The minimum absolute atomic E-state index is 0.273. The number of carbonyl (C=O) groups is 1. The number of fused-ring (bicyclic) bond motifs is 3. The van der Waals surface area contributed by atoms with Gasteiger partial charge in [-0.2, -0.15) is 0 Å². The monoisotopic (exact) mass is 416 g/mol. The molecule has 0 radical (unpaired) electrons. The van der Waals surface area contributed by atoms with E-state index >= 15 is 0 Å². The van der Waals surface area contributed by atoms with E-state index in [1.807, 2.05) is 18.0 Å². The lowest BCUT2D eigenvalue weighted by Crippen LogP contribution is -2.41. The van der Waals surface area contributed by atoms with Crippen LogP contribution < -0.4 is 10.6 Å². The number of hydrogen-bond acceptors (Lipinski definition) is 2. The van der Waals surface area contributed by atoms with Gasteiger partial charge in [-0.15, -0.1) is 0 Å². The molecule has 2 N–H and O–H groups in total. The van der Waals surface area contributed by atoms with Crippen LogP contribution in [0.5, 0.6) is 0 Å². The number of aliphatic imine (C=N–C) groups is 1. The van der Waals surface area contributed by atoms with Gasteiger partial charge in [-0.25, -0.2) is 0 Å². The van der Waals surface area contributed by atoms with E-state index in [1.165, 1.54) is 12.0 Å². The molecule has 1 saturated carbocycles. The zero-order valence-electron chi connectivity index (χ0n) is 18.3. The molecule has 0 bridgehead atoms. The first kappa shape index (κ1) is 20.1. The molecule has 1 aliphatic heterocycles. The van der Waals surface area contributed by atoms with E-state index in [-0.39, 0.29) is 5.91 Å². The topological polar surface area (TPSA) is 56.7 Å². The molecule has 31 heavy (non-hydrogen) atoms. The molecule has 5 nitrogen and oxygen atoms in total. The molecule has 4 atom stereocenters. The SMILES string of the molecule is CN=C(NCC1CC(=O)N(CCc2ccccc2)C1)NCC1C2Cc3ccccc3C12. The second-order valence-electron chi connectivity index (χ2n) is 9.24.